The zero-order valence-corrected chi connectivity index (χ0v) is 11.9. The Labute approximate surface area is 128 Å². The number of aromatic nitrogens is 1. The van der Waals surface area contributed by atoms with E-state index < -0.39 is 0 Å². The van der Waals surface area contributed by atoms with E-state index in [2.05, 4.69) is 4.98 Å². The molecule has 3 rings (SSSR count). The highest BCUT2D eigenvalue weighted by Crippen LogP contribution is 2.20. The minimum Gasteiger partial charge on any atom is -0.289 e. The maximum absolute atomic E-state index is 12.3. The lowest BCUT2D eigenvalue weighted by atomic mass is 10.0. The smallest absolute Gasteiger partial charge is 0.194 e. The van der Waals surface area contributed by atoms with E-state index in [1.807, 2.05) is 54.6 Å². The first-order valence-corrected chi connectivity index (χ1v) is 6.93. The Bertz CT molecular complexity index is 749. The highest BCUT2D eigenvalue weighted by molar-refractivity contribution is 6.29. The zero-order chi connectivity index (χ0) is 14.7. The first kappa shape index (κ1) is 13.5. The lowest BCUT2D eigenvalue weighted by molar-refractivity contribution is 0.103. The van der Waals surface area contributed by atoms with Crippen molar-refractivity contribution in [3.05, 3.63) is 89.2 Å². The van der Waals surface area contributed by atoms with Crippen LogP contribution in [0.1, 0.15) is 15.9 Å². The van der Waals surface area contributed by atoms with Crippen molar-refractivity contribution >= 4 is 17.4 Å². The molecule has 0 fully saturated rings. The highest BCUT2D eigenvalue weighted by atomic mass is 35.5. The van der Waals surface area contributed by atoms with Gasteiger partial charge in [0, 0.05) is 17.3 Å². The maximum atomic E-state index is 12.3. The molecule has 3 heteroatoms. The summed E-state index contributed by atoms with van der Waals surface area (Å²) in [6, 6.07) is 20.9. The third-order valence-electron chi connectivity index (χ3n) is 3.24. The van der Waals surface area contributed by atoms with Crippen molar-refractivity contribution in [2.75, 3.05) is 0 Å². The number of nitrogens with zero attached hydrogens (tertiary/aromatic N) is 1. The number of ketones is 1. The van der Waals surface area contributed by atoms with Gasteiger partial charge in [-0.25, -0.2) is 4.98 Å². The number of carbonyl (C=O) groups excluding carboxylic acids is 1. The molecule has 3 aromatic rings. The van der Waals surface area contributed by atoms with Crippen LogP contribution in [0.25, 0.3) is 11.1 Å². The van der Waals surface area contributed by atoms with E-state index >= 15 is 0 Å². The van der Waals surface area contributed by atoms with Crippen LogP contribution in [0.15, 0.2) is 72.9 Å². The number of hydrogen-bond donors (Lipinski definition) is 0. The molecule has 0 saturated carbocycles. The lowest BCUT2D eigenvalue weighted by Crippen LogP contribution is -2.01. The third-order valence-corrected chi connectivity index (χ3v) is 3.47. The van der Waals surface area contributed by atoms with Crippen molar-refractivity contribution in [3.8, 4) is 11.1 Å². The Kier molecular flexibility index (Phi) is 3.80. The molecule has 21 heavy (non-hydrogen) atoms. The van der Waals surface area contributed by atoms with Crippen LogP contribution in [-0.4, -0.2) is 10.8 Å². The molecule has 1 aromatic heterocycles. The normalized spacial score (nSPS) is 10.3. The van der Waals surface area contributed by atoms with Crippen molar-refractivity contribution < 1.29 is 4.79 Å². The summed E-state index contributed by atoms with van der Waals surface area (Å²) in [4.78, 5) is 16.3. The van der Waals surface area contributed by atoms with E-state index in [0.29, 0.717) is 16.3 Å². The molecule has 2 aromatic carbocycles. The second-order valence-electron chi connectivity index (χ2n) is 4.64. The molecule has 0 N–H and O–H groups in total. The summed E-state index contributed by atoms with van der Waals surface area (Å²) in [6.45, 7) is 0. The fourth-order valence-corrected chi connectivity index (χ4v) is 2.23. The van der Waals surface area contributed by atoms with E-state index in [9.17, 15) is 4.79 Å². The van der Waals surface area contributed by atoms with Crippen LogP contribution in [0.2, 0.25) is 5.15 Å². The Morgan fingerprint density at radius 3 is 2.00 bits per heavy atom. The average molecular weight is 294 g/mol. The van der Waals surface area contributed by atoms with Gasteiger partial charge in [0.05, 0.1) is 0 Å². The van der Waals surface area contributed by atoms with Crippen LogP contribution >= 0.6 is 11.6 Å². The predicted octanol–water partition coefficient (Wildman–Crippen LogP) is 4.63. The SMILES string of the molecule is O=C(c1ccc(-c2ccccc2)cc1)c1ccc(Cl)nc1. The van der Waals surface area contributed by atoms with Crippen LogP contribution in [0.4, 0.5) is 0 Å². The average Bonchev–Trinajstić information content (AvgIpc) is 2.56. The van der Waals surface area contributed by atoms with Gasteiger partial charge in [-0.15, -0.1) is 0 Å². The van der Waals surface area contributed by atoms with Gasteiger partial charge in [0.25, 0.3) is 0 Å². The molecule has 102 valence electrons. The molecule has 0 aliphatic rings. The first-order chi connectivity index (χ1) is 10.2. The first-order valence-electron chi connectivity index (χ1n) is 6.56. The van der Waals surface area contributed by atoms with E-state index in [1.54, 1.807) is 12.1 Å². The Balaban J connectivity index is 1.87. The van der Waals surface area contributed by atoms with Crippen LogP contribution < -0.4 is 0 Å². The standard InChI is InChI=1S/C18H12ClNO/c19-17-11-10-16(12-20-17)18(21)15-8-6-14(7-9-15)13-4-2-1-3-5-13/h1-12H. The fourth-order valence-electron chi connectivity index (χ4n) is 2.12. The molecule has 2 nitrogen and oxygen atoms in total. The van der Waals surface area contributed by atoms with Crippen molar-refractivity contribution in [1.82, 2.24) is 4.98 Å². The van der Waals surface area contributed by atoms with Gasteiger partial charge in [-0.2, -0.15) is 0 Å². The minimum atomic E-state index is -0.0567. The number of benzene rings is 2. The molecule has 1 heterocycles. The van der Waals surface area contributed by atoms with E-state index in [0.717, 1.165) is 11.1 Å². The molecule has 0 atom stereocenters. The van der Waals surface area contributed by atoms with Crippen LogP contribution in [0.3, 0.4) is 0 Å². The van der Waals surface area contributed by atoms with Gasteiger partial charge in [-0.05, 0) is 23.3 Å². The van der Waals surface area contributed by atoms with E-state index in [1.165, 1.54) is 6.20 Å². The summed E-state index contributed by atoms with van der Waals surface area (Å²) in [5.41, 5.74) is 3.39. The van der Waals surface area contributed by atoms with Gasteiger partial charge in [0.2, 0.25) is 0 Å². The summed E-state index contributed by atoms with van der Waals surface area (Å²) in [5, 5.41) is 0.381. The largest absolute Gasteiger partial charge is 0.289 e. The highest BCUT2D eigenvalue weighted by Gasteiger charge is 2.09. The van der Waals surface area contributed by atoms with Crippen LogP contribution in [0.5, 0.6) is 0 Å². The van der Waals surface area contributed by atoms with Crippen molar-refractivity contribution in [1.29, 1.82) is 0 Å². The number of halogens is 1. The minimum absolute atomic E-state index is 0.0567. The lowest BCUT2D eigenvalue weighted by Gasteiger charge is -2.04. The van der Waals surface area contributed by atoms with Gasteiger partial charge in [0.1, 0.15) is 5.15 Å². The second-order valence-corrected chi connectivity index (χ2v) is 5.03. The number of carbonyl (C=O) groups is 1. The van der Waals surface area contributed by atoms with Gasteiger partial charge < -0.3 is 0 Å². The van der Waals surface area contributed by atoms with Gasteiger partial charge in [-0.3, -0.25) is 4.79 Å². The topological polar surface area (TPSA) is 30.0 Å². The maximum Gasteiger partial charge on any atom is 0.194 e. The molecule has 0 unspecified atom stereocenters. The molecular formula is C18H12ClNO. The third kappa shape index (κ3) is 3.01. The molecule has 0 aliphatic carbocycles. The summed E-state index contributed by atoms with van der Waals surface area (Å²) in [5.74, 6) is -0.0567. The quantitative estimate of drug-likeness (QED) is 0.520. The molecule has 0 aliphatic heterocycles. The predicted molar refractivity (Wildman–Crippen MR) is 84.6 cm³/mol. The Morgan fingerprint density at radius 2 is 1.38 bits per heavy atom. The molecule has 0 bridgehead atoms. The van der Waals surface area contributed by atoms with Crippen LogP contribution in [-0.2, 0) is 0 Å². The summed E-state index contributed by atoms with van der Waals surface area (Å²) in [7, 11) is 0. The monoisotopic (exact) mass is 293 g/mol. The Morgan fingerprint density at radius 1 is 0.762 bits per heavy atom. The van der Waals surface area contributed by atoms with Crippen molar-refractivity contribution in [2.45, 2.75) is 0 Å². The molecule has 0 amide bonds. The van der Waals surface area contributed by atoms with Gasteiger partial charge >= 0.3 is 0 Å². The van der Waals surface area contributed by atoms with E-state index in [4.69, 9.17) is 11.6 Å². The van der Waals surface area contributed by atoms with Gasteiger partial charge in [-0.1, -0.05) is 66.2 Å². The summed E-state index contributed by atoms with van der Waals surface area (Å²) >= 11 is 5.73. The number of rotatable bonds is 3. The number of pyridine rings is 1. The summed E-state index contributed by atoms with van der Waals surface area (Å²) in [6.07, 6.45) is 1.50. The second kappa shape index (κ2) is 5.90. The number of hydrogen-bond acceptors (Lipinski definition) is 2. The summed E-state index contributed by atoms with van der Waals surface area (Å²) < 4.78 is 0. The molecule has 0 spiro atoms. The van der Waals surface area contributed by atoms with Crippen LogP contribution in [0, 0.1) is 0 Å². The Hall–Kier alpha value is -2.45. The fraction of sp³-hybridized carbons (Fsp3) is 0. The van der Waals surface area contributed by atoms with Gasteiger partial charge in [0.15, 0.2) is 5.78 Å². The van der Waals surface area contributed by atoms with E-state index in [-0.39, 0.29) is 5.78 Å². The van der Waals surface area contributed by atoms with Crippen molar-refractivity contribution in [2.24, 2.45) is 0 Å². The molecule has 0 radical (unpaired) electrons. The van der Waals surface area contributed by atoms with Crippen molar-refractivity contribution in [3.63, 3.8) is 0 Å². The zero-order valence-electron chi connectivity index (χ0n) is 11.2. The molecule has 0 saturated heterocycles. The molecular weight excluding hydrogens is 282 g/mol.